The van der Waals surface area contributed by atoms with Crippen molar-refractivity contribution in [2.24, 2.45) is 17.8 Å². The number of amides is 7. The molecular formula is C54H61F3N8O10. The summed E-state index contributed by atoms with van der Waals surface area (Å²) in [6.45, 7) is 3.47. The third kappa shape index (κ3) is 12.9. The summed E-state index contributed by atoms with van der Waals surface area (Å²) >= 11 is 0. The fraction of sp³-hybridized carbons (Fsp3) is 0.444. The Hall–Kier alpha value is -7.39. The van der Waals surface area contributed by atoms with E-state index in [1.165, 1.54) is 17.1 Å². The average molecular weight is 1040 g/mol. The zero-order valence-electron chi connectivity index (χ0n) is 41.7. The Bertz CT molecular complexity index is 2750. The maximum atomic E-state index is 16.3. The van der Waals surface area contributed by atoms with Crippen molar-refractivity contribution in [1.29, 1.82) is 0 Å². The summed E-state index contributed by atoms with van der Waals surface area (Å²) in [7, 11) is 0. The number of nitrogens with zero attached hydrogens (tertiary/aromatic N) is 5. The number of unbranched alkanes of at least 4 members (excludes halogenated alkanes) is 2. The van der Waals surface area contributed by atoms with Gasteiger partial charge in [0, 0.05) is 74.8 Å². The molecule has 7 amide bonds. The number of carbonyl (C=O) groups is 7. The molecule has 4 N–H and O–H groups in total. The standard InChI is InChI=1S/C54H61F3N8O10/c1-32(2)47(61-43(66)11-7-4-8-22-63-45(68)18-19-46(63)69)52(71)58-26-44(67)59-37-15-12-34(13-16-37)31-75-54(73)65-29-41(57)39-28-64(53(72)50(70)49(39)65)48(35-20-23-74-24-21-35)51-60-42(38-25-36(55)14-17-40(38)56)30-62(51)27-33-9-5-3-6-10-33/h3,5-6,9-10,12-19,25,30,32,35,39,41,47-50,70H,4,7-8,11,20-24,26-29,31H2,1-2H3,(H,58,71)(H,59,67)(H,61,66)/t39-,41-,47?,48+,49-,50?/m0/s1. The minimum atomic E-state index is -1.84. The summed E-state index contributed by atoms with van der Waals surface area (Å²) in [5.74, 6) is -5.52. The number of piperidine rings is 1. The molecule has 75 heavy (non-hydrogen) atoms. The lowest BCUT2D eigenvalue weighted by Gasteiger charge is -2.46. The summed E-state index contributed by atoms with van der Waals surface area (Å²) in [5.41, 5.74) is 1.78. The molecule has 0 spiro atoms. The molecule has 2 unspecified atom stereocenters. The van der Waals surface area contributed by atoms with Crippen molar-refractivity contribution < 1.29 is 61.3 Å². The smallest absolute Gasteiger partial charge is 0.410 e. The number of imidazole rings is 1. The van der Waals surface area contributed by atoms with Crippen LogP contribution in [0.1, 0.15) is 75.4 Å². The summed E-state index contributed by atoms with van der Waals surface area (Å²) < 4.78 is 59.1. The van der Waals surface area contributed by atoms with Gasteiger partial charge in [-0.3, -0.25) is 38.6 Å². The van der Waals surface area contributed by atoms with E-state index in [-0.39, 0.29) is 73.5 Å². The molecule has 0 bridgehead atoms. The van der Waals surface area contributed by atoms with Crippen molar-refractivity contribution in [3.8, 4) is 11.3 Å². The van der Waals surface area contributed by atoms with E-state index in [2.05, 4.69) is 16.0 Å². The number of carbonyl (C=O) groups excluding carboxylic acids is 7. The van der Waals surface area contributed by atoms with Gasteiger partial charge in [0.05, 0.1) is 30.9 Å². The van der Waals surface area contributed by atoms with Gasteiger partial charge in [-0.15, -0.1) is 0 Å². The first-order chi connectivity index (χ1) is 36.1. The Morgan fingerprint density at radius 1 is 0.880 bits per heavy atom. The number of aliphatic hydroxyl groups is 1. The molecule has 3 saturated heterocycles. The van der Waals surface area contributed by atoms with Crippen LogP contribution in [-0.4, -0.2) is 135 Å². The number of alkyl halides is 1. The number of ether oxygens (including phenoxy) is 2. The van der Waals surface area contributed by atoms with Gasteiger partial charge in [0.2, 0.25) is 17.7 Å². The van der Waals surface area contributed by atoms with Gasteiger partial charge < -0.3 is 40.0 Å². The fourth-order valence-electron chi connectivity index (χ4n) is 10.2. The van der Waals surface area contributed by atoms with E-state index in [9.17, 15) is 43.1 Å². The molecule has 8 rings (SSSR count). The number of fused-ring (bicyclic) bond motifs is 1. The number of likely N-dealkylation sites (tertiary alicyclic amines) is 2. The van der Waals surface area contributed by atoms with E-state index in [0.717, 1.165) is 33.6 Å². The molecule has 4 aromatic rings. The molecule has 0 saturated carbocycles. The predicted octanol–water partition coefficient (Wildman–Crippen LogP) is 5.20. The molecule has 5 heterocycles. The van der Waals surface area contributed by atoms with Crippen LogP contribution in [0.25, 0.3) is 11.3 Å². The highest BCUT2D eigenvalue weighted by atomic mass is 19.1. The monoisotopic (exact) mass is 1040 g/mol. The first kappa shape index (κ1) is 53.9. The summed E-state index contributed by atoms with van der Waals surface area (Å²) in [6.07, 6.45) is 2.32. The second-order valence-corrected chi connectivity index (χ2v) is 19.7. The van der Waals surface area contributed by atoms with Gasteiger partial charge in [0.25, 0.3) is 17.7 Å². The minimum Gasteiger partial charge on any atom is -0.445 e. The van der Waals surface area contributed by atoms with E-state index >= 15 is 8.78 Å². The fourth-order valence-corrected chi connectivity index (χ4v) is 10.2. The third-order valence-corrected chi connectivity index (χ3v) is 14.1. The summed E-state index contributed by atoms with van der Waals surface area (Å²) in [6, 6.07) is 15.7. The zero-order valence-corrected chi connectivity index (χ0v) is 41.7. The first-order valence-electron chi connectivity index (χ1n) is 25.3. The van der Waals surface area contributed by atoms with Crippen LogP contribution in [0, 0.1) is 29.4 Å². The van der Waals surface area contributed by atoms with E-state index in [0.29, 0.717) is 62.4 Å². The van der Waals surface area contributed by atoms with Crippen molar-refractivity contribution in [3.05, 3.63) is 120 Å². The van der Waals surface area contributed by atoms with Gasteiger partial charge in [-0.1, -0.05) is 62.7 Å². The second kappa shape index (κ2) is 24.3. The Kier molecular flexibility index (Phi) is 17.5. The number of benzene rings is 3. The SMILES string of the molecule is CC(C)C(NC(=O)CCCCCN1C(=O)C=CC1=O)C(=O)NCC(=O)Nc1ccc(COC(=O)N2C[C@H](F)[C@@H]3CN([C@@H](c4nc(-c5cc(F)ccc5F)cn4Cc4ccccc4)C4CCOCC4)C(=O)C(O)[C@H]32)cc1. The molecule has 4 aliphatic heterocycles. The Morgan fingerprint density at radius 2 is 1.60 bits per heavy atom. The van der Waals surface area contributed by atoms with Crippen molar-refractivity contribution in [2.75, 3.05) is 44.7 Å². The van der Waals surface area contributed by atoms with Gasteiger partial charge in [-0.25, -0.2) is 22.9 Å². The highest BCUT2D eigenvalue weighted by molar-refractivity contribution is 6.12. The van der Waals surface area contributed by atoms with E-state index in [1.807, 2.05) is 30.3 Å². The maximum Gasteiger partial charge on any atom is 0.410 e. The van der Waals surface area contributed by atoms with Crippen LogP contribution in [0.5, 0.6) is 0 Å². The summed E-state index contributed by atoms with van der Waals surface area (Å²) in [5, 5.41) is 19.7. The van der Waals surface area contributed by atoms with Crippen LogP contribution in [0.2, 0.25) is 0 Å². The quantitative estimate of drug-likeness (QED) is 0.0666. The number of aliphatic hydroxyl groups excluding tert-OH is 1. The predicted molar refractivity (Wildman–Crippen MR) is 265 cm³/mol. The lowest BCUT2D eigenvalue weighted by Crippen LogP contribution is -2.61. The molecule has 3 aromatic carbocycles. The molecule has 1 aromatic heterocycles. The lowest BCUT2D eigenvalue weighted by molar-refractivity contribution is -0.157. The number of hydrogen-bond acceptors (Lipinski definition) is 11. The molecule has 0 radical (unpaired) electrons. The van der Waals surface area contributed by atoms with Crippen LogP contribution >= 0.6 is 0 Å². The van der Waals surface area contributed by atoms with Crippen molar-refractivity contribution in [3.63, 3.8) is 0 Å². The van der Waals surface area contributed by atoms with E-state index in [4.69, 9.17) is 14.5 Å². The number of hydrogen-bond donors (Lipinski definition) is 4. The number of nitrogens with one attached hydrogen (secondary N) is 3. The molecule has 6 atom stereocenters. The number of halogens is 3. The van der Waals surface area contributed by atoms with E-state index in [1.54, 1.807) is 48.9 Å². The second-order valence-electron chi connectivity index (χ2n) is 19.7. The number of aromatic nitrogens is 2. The van der Waals surface area contributed by atoms with Gasteiger partial charge in [0.1, 0.15) is 36.3 Å². The third-order valence-electron chi connectivity index (χ3n) is 14.1. The van der Waals surface area contributed by atoms with E-state index < -0.39 is 84.9 Å². The molecule has 3 fully saturated rings. The molecule has 0 aliphatic carbocycles. The normalized spacial score (nSPS) is 20.6. The Labute approximate surface area is 431 Å². The van der Waals surface area contributed by atoms with Crippen LogP contribution in [0.4, 0.5) is 23.7 Å². The minimum absolute atomic E-state index is 0.0793. The van der Waals surface area contributed by atoms with Crippen molar-refractivity contribution in [1.82, 2.24) is 34.9 Å². The molecule has 18 nitrogen and oxygen atoms in total. The first-order valence-corrected chi connectivity index (χ1v) is 25.3. The molecule has 4 aliphatic rings. The van der Waals surface area contributed by atoms with Crippen LogP contribution < -0.4 is 16.0 Å². The summed E-state index contributed by atoms with van der Waals surface area (Å²) in [4.78, 5) is 98.6. The van der Waals surface area contributed by atoms with Crippen LogP contribution in [0.3, 0.4) is 0 Å². The molecule has 21 heteroatoms. The Balaban J connectivity index is 0.852. The highest BCUT2D eigenvalue weighted by Crippen LogP contribution is 2.43. The van der Waals surface area contributed by atoms with Gasteiger partial charge in [0.15, 0.2) is 6.10 Å². The van der Waals surface area contributed by atoms with Gasteiger partial charge in [-0.2, -0.15) is 0 Å². The van der Waals surface area contributed by atoms with Gasteiger partial charge in [-0.05, 0) is 79.0 Å². The van der Waals surface area contributed by atoms with Crippen LogP contribution in [0.15, 0.2) is 91.1 Å². The number of rotatable bonds is 20. The maximum absolute atomic E-state index is 16.3. The lowest BCUT2D eigenvalue weighted by atomic mass is 9.84. The largest absolute Gasteiger partial charge is 0.445 e. The molecule has 398 valence electrons. The zero-order chi connectivity index (χ0) is 53.3. The Morgan fingerprint density at radius 3 is 2.31 bits per heavy atom. The highest BCUT2D eigenvalue weighted by Gasteiger charge is 2.57. The van der Waals surface area contributed by atoms with Crippen molar-refractivity contribution in [2.45, 2.75) is 95.9 Å². The van der Waals surface area contributed by atoms with Crippen molar-refractivity contribution >= 4 is 47.2 Å². The van der Waals surface area contributed by atoms with Crippen LogP contribution in [-0.2, 0) is 51.4 Å². The average Bonchev–Trinajstić information content (AvgIpc) is 4.09. The topological polar surface area (TPSA) is 222 Å². The van der Waals surface area contributed by atoms with Gasteiger partial charge >= 0.3 is 6.09 Å². The number of anilines is 1. The number of imide groups is 1. The molecular weight excluding hydrogens is 978 g/mol.